The Labute approximate surface area is 123 Å². The molecular weight excluding hydrogens is 274 g/mol. The lowest BCUT2D eigenvalue weighted by Crippen LogP contribution is -2.49. The van der Waals surface area contributed by atoms with E-state index in [2.05, 4.69) is 4.98 Å². The second kappa shape index (κ2) is 6.67. The van der Waals surface area contributed by atoms with E-state index >= 15 is 0 Å². The lowest BCUT2D eigenvalue weighted by molar-refractivity contribution is -0.169. The molecule has 1 fully saturated rings. The minimum atomic E-state index is -1.30. The number of esters is 1. The molecule has 21 heavy (non-hydrogen) atoms. The first-order valence-corrected chi connectivity index (χ1v) is 6.90. The van der Waals surface area contributed by atoms with E-state index in [0.29, 0.717) is 18.2 Å². The molecule has 0 N–H and O–H groups in total. The van der Waals surface area contributed by atoms with Crippen molar-refractivity contribution in [2.45, 2.75) is 19.8 Å². The van der Waals surface area contributed by atoms with Crippen LogP contribution < -0.4 is 4.74 Å². The number of hydrogen-bond acceptors (Lipinski definition) is 6. The number of rotatable bonds is 5. The van der Waals surface area contributed by atoms with Crippen molar-refractivity contribution in [1.29, 1.82) is 0 Å². The van der Waals surface area contributed by atoms with Crippen LogP contribution in [0.4, 0.5) is 0 Å². The molecule has 0 saturated carbocycles. The normalized spacial score (nSPS) is 21.9. The van der Waals surface area contributed by atoms with Crippen molar-refractivity contribution < 1.29 is 23.8 Å². The van der Waals surface area contributed by atoms with E-state index < -0.39 is 11.4 Å². The summed E-state index contributed by atoms with van der Waals surface area (Å²) in [6.07, 6.45) is 0.366. The summed E-state index contributed by atoms with van der Waals surface area (Å²) in [6, 6.07) is 5.24. The fourth-order valence-electron chi connectivity index (χ4n) is 2.37. The number of methoxy groups -OCH3 is 1. The highest BCUT2D eigenvalue weighted by molar-refractivity contribution is 6.04. The Morgan fingerprint density at radius 1 is 1.48 bits per heavy atom. The molecule has 0 aliphatic carbocycles. The van der Waals surface area contributed by atoms with Crippen molar-refractivity contribution in [3.8, 4) is 5.88 Å². The molecule has 0 radical (unpaired) electrons. The first-order valence-electron chi connectivity index (χ1n) is 6.90. The van der Waals surface area contributed by atoms with Crippen molar-refractivity contribution in [1.82, 2.24) is 4.98 Å². The van der Waals surface area contributed by atoms with Gasteiger partial charge in [-0.1, -0.05) is 6.07 Å². The number of pyridine rings is 1. The Bertz CT molecular complexity index is 531. The molecule has 0 amide bonds. The number of carbonyl (C=O) groups excluding carboxylic acids is 2. The van der Waals surface area contributed by atoms with Gasteiger partial charge in [-0.2, -0.15) is 0 Å². The first kappa shape index (κ1) is 15.4. The summed E-state index contributed by atoms with van der Waals surface area (Å²) in [6.45, 7) is 2.30. The molecule has 1 aromatic heterocycles. The highest BCUT2D eigenvalue weighted by atomic mass is 16.5. The fraction of sp³-hybridized carbons (Fsp3) is 0.533. The molecule has 1 aromatic rings. The fourth-order valence-corrected chi connectivity index (χ4v) is 2.37. The maximum atomic E-state index is 12.4. The molecule has 2 heterocycles. The minimum Gasteiger partial charge on any atom is -0.481 e. The Hall–Kier alpha value is -1.95. The van der Waals surface area contributed by atoms with E-state index in [4.69, 9.17) is 14.2 Å². The molecule has 1 unspecified atom stereocenters. The Morgan fingerprint density at radius 2 is 2.29 bits per heavy atom. The molecule has 6 nitrogen and oxygen atoms in total. The molecule has 114 valence electrons. The van der Waals surface area contributed by atoms with Crippen LogP contribution in [0.5, 0.6) is 5.88 Å². The van der Waals surface area contributed by atoms with E-state index in [1.54, 1.807) is 25.1 Å². The van der Waals surface area contributed by atoms with Gasteiger partial charge in [-0.25, -0.2) is 4.98 Å². The Kier molecular flexibility index (Phi) is 4.90. The van der Waals surface area contributed by atoms with Crippen LogP contribution in [0.1, 0.15) is 19.0 Å². The number of nitrogens with zero attached hydrogens (tertiary/aromatic N) is 1. The summed E-state index contributed by atoms with van der Waals surface area (Å²) < 4.78 is 15.5. The monoisotopic (exact) mass is 293 g/mol. The molecule has 0 aromatic carbocycles. The third-order valence-electron chi connectivity index (χ3n) is 3.50. The number of ether oxygens (including phenoxy) is 3. The average molecular weight is 293 g/mol. The van der Waals surface area contributed by atoms with Crippen LogP contribution >= 0.6 is 0 Å². The van der Waals surface area contributed by atoms with Crippen LogP contribution in [-0.4, -0.2) is 43.7 Å². The van der Waals surface area contributed by atoms with Gasteiger partial charge in [0.25, 0.3) is 0 Å². The van der Waals surface area contributed by atoms with Crippen molar-refractivity contribution in [2.75, 3.05) is 26.9 Å². The van der Waals surface area contributed by atoms with Gasteiger partial charge < -0.3 is 14.2 Å². The lowest BCUT2D eigenvalue weighted by Gasteiger charge is -2.32. The van der Waals surface area contributed by atoms with Crippen LogP contribution in [0.25, 0.3) is 0 Å². The highest BCUT2D eigenvalue weighted by Gasteiger charge is 2.49. The van der Waals surface area contributed by atoms with Gasteiger partial charge in [-0.15, -0.1) is 0 Å². The molecule has 1 saturated heterocycles. The van der Waals surface area contributed by atoms with Crippen LogP contribution in [0, 0.1) is 5.41 Å². The average Bonchev–Trinajstić information content (AvgIpc) is 2.50. The third-order valence-corrected chi connectivity index (χ3v) is 3.50. The van der Waals surface area contributed by atoms with Gasteiger partial charge >= 0.3 is 5.97 Å². The van der Waals surface area contributed by atoms with Crippen molar-refractivity contribution in [2.24, 2.45) is 5.41 Å². The highest BCUT2D eigenvalue weighted by Crippen LogP contribution is 2.31. The zero-order chi connectivity index (χ0) is 15.3. The summed E-state index contributed by atoms with van der Waals surface area (Å²) >= 11 is 0. The Morgan fingerprint density at radius 3 is 2.95 bits per heavy atom. The number of aromatic nitrogens is 1. The standard InChI is InChI=1S/C15H19NO5/c1-3-21-14(18)15(10-20-8-7-12(15)17)9-11-5-4-6-13(16-11)19-2/h4-6H,3,7-10H2,1-2H3. The van der Waals surface area contributed by atoms with Crippen molar-refractivity contribution in [3.63, 3.8) is 0 Å². The van der Waals surface area contributed by atoms with Gasteiger partial charge in [0, 0.05) is 24.6 Å². The molecule has 2 rings (SSSR count). The molecule has 0 spiro atoms. The topological polar surface area (TPSA) is 74.7 Å². The number of Topliss-reactive ketones (excluding diaryl/α,β-unsaturated/α-hetero) is 1. The van der Waals surface area contributed by atoms with Crippen molar-refractivity contribution in [3.05, 3.63) is 23.9 Å². The molecule has 1 atom stereocenters. The molecule has 6 heteroatoms. The van der Waals surface area contributed by atoms with Gasteiger partial charge in [-0.3, -0.25) is 9.59 Å². The van der Waals surface area contributed by atoms with Crippen LogP contribution in [0.15, 0.2) is 18.2 Å². The zero-order valence-corrected chi connectivity index (χ0v) is 12.3. The number of ketones is 1. The van der Waals surface area contributed by atoms with Gasteiger partial charge in [0.2, 0.25) is 5.88 Å². The van der Waals surface area contributed by atoms with Crippen LogP contribution in [-0.2, 0) is 25.5 Å². The van der Waals surface area contributed by atoms with E-state index in [0.717, 1.165) is 0 Å². The van der Waals surface area contributed by atoms with E-state index in [1.807, 2.05) is 0 Å². The second-order valence-electron chi connectivity index (χ2n) is 4.88. The Balaban J connectivity index is 2.31. The quantitative estimate of drug-likeness (QED) is 0.599. The largest absolute Gasteiger partial charge is 0.481 e. The van der Waals surface area contributed by atoms with E-state index in [1.165, 1.54) is 7.11 Å². The van der Waals surface area contributed by atoms with E-state index in [-0.39, 0.29) is 31.8 Å². The van der Waals surface area contributed by atoms with E-state index in [9.17, 15) is 9.59 Å². The second-order valence-corrected chi connectivity index (χ2v) is 4.88. The smallest absolute Gasteiger partial charge is 0.322 e. The van der Waals surface area contributed by atoms with Crippen LogP contribution in [0.3, 0.4) is 0 Å². The minimum absolute atomic E-state index is 0.0313. The maximum absolute atomic E-state index is 12.4. The summed E-state index contributed by atoms with van der Waals surface area (Å²) in [7, 11) is 1.52. The first-order chi connectivity index (χ1) is 10.1. The predicted molar refractivity (Wildman–Crippen MR) is 74.0 cm³/mol. The molecule has 0 bridgehead atoms. The van der Waals surface area contributed by atoms with Gasteiger partial charge in [-0.05, 0) is 13.0 Å². The number of hydrogen-bond donors (Lipinski definition) is 0. The van der Waals surface area contributed by atoms with Gasteiger partial charge in [0.1, 0.15) is 0 Å². The third kappa shape index (κ3) is 3.21. The maximum Gasteiger partial charge on any atom is 0.322 e. The molecule has 1 aliphatic rings. The van der Waals surface area contributed by atoms with Gasteiger partial charge in [0.05, 0.1) is 26.9 Å². The molecular formula is C15H19NO5. The van der Waals surface area contributed by atoms with Gasteiger partial charge in [0.15, 0.2) is 11.2 Å². The SMILES string of the molecule is CCOC(=O)C1(Cc2cccc(OC)n2)COCCC1=O. The number of carbonyl (C=O) groups is 2. The van der Waals surface area contributed by atoms with Crippen LogP contribution in [0.2, 0.25) is 0 Å². The molecule has 1 aliphatic heterocycles. The zero-order valence-electron chi connectivity index (χ0n) is 12.3. The summed E-state index contributed by atoms with van der Waals surface area (Å²) in [5.74, 6) is -0.258. The lowest BCUT2D eigenvalue weighted by atomic mass is 9.77. The summed E-state index contributed by atoms with van der Waals surface area (Å²) in [5, 5.41) is 0. The predicted octanol–water partition coefficient (Wildman–Crippen LogP) is 1.17. The summed E-state index contributed by atoms with van der Waals surface area (Å²) in [4.78, 5) is 28.9. The van der Waals surface area contributed by atoms with Crippen molar-refractivity contribution >= 4 is 11.8 Å². The summed E-state index contributed by atoms with van der Waals surface area (Å²) in [5.41, 5.74) is -0.700.